The number of benzene rings is 2. The van der Waals surface area contributed by atoms with Crippen LogP contribution in [-0.2, 0) is 5.41 Å². The fourth-order valence-corrected chi connectivity index (χ4v) is 2.68. The number of hydrogen-bond acceptors (Lipinski definition) is 5. The van der Waals surface area contributed by atoms with Crippen molar-refractivity contribution in [1.29, 1.82) is 0 Å². The zero-order valence-corrected chi connectivity index (χ0v) is 16.1. The lowest BCUT2D eigenvalue weighted by atomic mass is 9.85. The Bertz CT molecular complexity index is 763. The van der Waals surface area contributed by atoms with E-state index in [9.17, 15) is 0 Å². The first-order chi connectivity index (χ1) is 12.4. The summed E-state index contributed by atoms with van der Waals surface area (Å²) in [5.74, 6) is 2.12. The van der Waals surface area contributed by atoms with Crippen molar-refractivity contribution >= 4 is 6.21 Å². The number of oxime groups is 1. The molecule has 0 aliphatic rings. The van der Waals surface area contributed by atoms with Gasteiger partial charge in [0.25, 0.3) is 0 Å². The molecular formula is C21H27NO4. The lowest BCUT2D eigenvalue weighted by Gasteiger charge is -2.24. The normalized spacial score (nSPS) is 11.6. The minimum Gasteiger partial charge on any atom is -0.493 e. The van der Waals surface area contributed by atoms with Gasteiger partial charge in [-0.15, -0.1) is 0 Å². The first kappa shape index (κ1) is 19.6. The van der Waals surface area contributed by atoms with Gasteiger partial charge in [-0.2, -0.15) is 0 Å². The summed E-state index contributed by atoms with van der Waals surface area (Å²) in [4.78, 5) is 0. The van der Waals surface area contributed by atoms with E-state index in [1.54, 1.807) is 25.3 Å². The predicted molar refractivity (Wildman–Crippen MR) is 103 cm³/mol. The molecule has 0 unspecified atom stereocenters. The van der Waals surface area contributed by atoms with Gasteiger partial charge in [-0.25, -0.2) is 0 Å². The lowest BCUT2D eigenvalue weighted by molar-refractivity contribution is 0.208. The van der Waals surface area contributed by atoms with Crippen LogP contribution in [0.2, 0.25) is 0 Å². The Morgan fingerprint density at radius 3 is 2.42 bits per heavy atom. The zero-order valence-electron chi connectivity index (χ0n) is 16.1. The summed E-state index contributed by atoms with van der Waals surface area (Å²) in [6, 6.07) is 11.5. The van der Waals surface area contributed by atoms with Gasteiger partial charge in [0.05, 0.1) is 13.3 Å². The van der Waals surface area contributed by atoms with Crippen LogP contribution in [0.15, 0.2) is 41.6 Å². The molecule has 2 rings (SSSR count). The molecule has 0 heterocycles. The largest absolute Gasteiger partial charge is 0.493 e. The van der Waals surface area contributed by atoms with Crippen LogP contribution in [-0.4, -0.2) is 31.7 Å². The van der Waals surface area contributed by atoms with Crippen molar-refractivity contribution < 1.29 is 19.4 Å². The van der Waals surface area contributed by atoms with E-state index in [1.807, 2.05) is 0 Å². The van der Waals surface area contributed by atoms with Crippen molar-refractivity contribution in [2.75, 3.05) is 20.3 Å². The van der Waals surface area contributed by atoms with Crippen molar-refractivity contribution in [3.63, 3.8) is 0 Å². The molecule has 0 atom stereocenters. The van der Waals surface area contributed by atoms with Gasteiger partial charge in [0.1, 0.15) is 19.0 Å². The van der Waals surface area contributed by atoms with E-state index in [0.29, 0.717) is 24.7 Å². The maximum Gasteiger partial charge on any atom is 0.161 e. The number of rotatable bonds is 7. The van der Waals surface area contributed by atoms with Crippen LogP contribution in [0.3, 0.4) is 0 Å². The lowest BCUT2D eigenvalue weighted by Crippen LogP contribution is -2.16. The number of methoxy groups -OCH3 is 1. The molecule has 0 bridgehead atoms. The van der Waals surface area contributed by atoms with Crippen LogP contribution in [0.4, 0.5) is 0 Å². The van der Waals surface area contributed by atoms with Gasteiger partial charge >= 0.3 is 0 Å². The highest BCUT2D eigenvalue weighted by Crippen LogP contribution is 2.34. The van der Waals surface area contributed by atoms with Gasteiger partial charge in [-0.3, -0.25) is 0 Å². The number of nitrogens with zero attached hydrogens (tertiary/aromatic N) is 1. The Morgan fingerprint density at radius 1 is 1.04 bits per heavy atom. The van der Waals surface area contributed by atoms with Crippen molar-refractivity contribution in [3.8, 4) is 17.2 Å². The molecule has 0 aliphatic carbocycles. The second-order valence-corrected chi connectivity index (χ2v) is 7.05. The summed E-state index contributed by atoms with van der Waals surface area (Å²) in [7, 11) is 1.57. The van der Waals surface area contributed by atoms with Crippen molar-refractivity contribution in [2.45, 2.75) is 33.1 Å². The second-order valence-electron chi connectivity index (χ2n) is 7.05. The quantitative estimate of drug-likeness (QED) is 0.341. The van der Waals surface area contributed by atoms with Crippen LogP contribution in [0.5, 0.6) is 17.2 Å². The van der Waals surface area contributed by atoms with Gasteiger partial charge in [0.15, 0.2) is 11.5 Å². The Morgan fingerprint density at radius 2 is 1.77 bits per heavy atom. The van der Waals surface area contributed by atoms with E-state index < -0.39 is 0 Å². The average Bonchev–Trinajstić information content (AvgIpc) is 2.59. The maximum atomic E-state index is 8.62. The third-order valence-corrected chi connectivity index (χ3v) is 4.00. The molecule has 0 spiro atoms. The molecule has 1 N–H and O–H groups in total. The molecule has 0 radical (unpaired) electrons. The van der Waals surface area contributed by atoms with Gasteiger partial charge in [-0.1, -0.05) is 44.1 Å². The van der Waals surface area contributed by atoms with Crippen LogP contribution >= 0.6 is 0 Å². The highest BCUT2D eigenvalue weighted by atomic mass is 16.5. The van der Waals surface area contributed by atoms with E-state index >= 15 is 0 Å². The molecule has 140 valence electrons. The second kappa shape index (κ2) is 8.61. The van der Waals surface area contributed by atoms with Crippen LogP contribution in [0.25, 0.3) is 0 Å². The van der Waals surface area contributed by atoms with Gasteiger partial charge < -0.3 is 19.4 Å². The van der Waals surface area contributed by atoms with E-state index in [2.05, 4.69) is 51.0 Å². The average molecular weight is 357 g/mol. The Labute approximate surface area is 155 Å². The van der Waals surface area contributed by atoms with E-state index in [0.717, 1.165) is 16.9 Å². The molecule has 2 aromatic carbocycles. The summed E-state index contributed by atoms with van der Waals surface area (Å²) in [5.41, 5.74) is 3.03. The minimum atomic E-state index is 0.00945. The number of para-hydroxylation sites is 1. The molecule has 5 nitrogen and oxygen atoms in total. The van der Waals surface area contributed by atoms with Crippen LogP contribution < -0.4 is 14.2 Å². The maximum absolute atomic E-state index is 8.62. The first-order valence-electron chi connectivity index (χ1n) is 8.58. The van der Waals surface area contributed by atoms with E-state index in [-0.39, 0.29) is 5.41 Å². The van der Waals surface area contributed by atoms with Crippen molar-refractivity contribution in [1.82, 2.24) is 0 Å². The molecule has 5 heteroatoms. The van der Waals surface area contributed by atoms with Crippen molar-refractivity contribution in [3.05, 3.63) is 53.1 Å². The standard InChI is InChI=1S/C21H27NO4/c1-15-7-6-8-17(21(2,3)4)20(15)26-12-11-25-18-10-9-16(14-22-23)13-19(18)24-5/h6-10,13-14,23H,11-12H2,1-5H3. The molecule has 0 aromatic heterocycles. The number of ether oxygens (including phenoxy) is 3. The van der Waals surface area contributed by atoms with Crippen LogP contribution in [0, 0.1) is 6.92 Å². The Balaban J connectivity index is 2.02. The summed E-state index contributed by atoms with van der Waals surface area (Å²) >= 11 is 0. The molecule has 0 aliphatic heterocycles. The molecule has 0 saturated carbocycles. The predicted octanol–water partition coefficient (Wildman–Crippen LogP) is 4.57. The van der Waals surface area contributed by atoms with Gasteiger partial charge in [0.2, 0.25) is 0 Å². The molecule has 0 amide bonds. The smallest absolute Gasteiger partial charge is 0.161 e. The van der Waals surface area contributed by atoms with Crippen molar-refractivity contribution in [2.24, 2.45) is 5.16 Å². The Kier molecular flexibility index (Phi) is 6.50. The summed E-state index contributed by atoms with van der Waals surface area (Å²) in [6.07, 6.45) is 1.33. The molecule has 26 heavy (non-hydrogen) atoms. The summed E-state index contributed by atoms with van der Waals surface area (Å²) < 4.78 is 17.1. The minimum absolute atomic E-state index is 0.00945. The molecule has 0 saturated heterocycles. The first-order valence-corrected chi connectivity index (χ1v) is 8.58. The summed E-state index contributed by atoms with van der Waals surface area (Å²) in [6.45, 7) is 9.39. The van der Waals surface area contributed by atoms with E-state index in [1.165, 1.54) is 11.8 Å². The van der Waals surface area contributed by atoms with Gasteiger partial charge in [0, 0.05) is 5.56 Å². The highest BCUT2D eigenvalue weighted by molar-refractivity contribution is 5.80. The van der Waals surface area contributed by atoms with Crippen LogP contribution in [0.1, 0.15) is 37.5 Å². The Hall–Kier alpha value is -2.69. The SMILES string of the molecule is COc1cc(C=NO)ccc1OCCOc1c(C)cccc1C(C)(C)C. The number of aryl methyl sites for hydroxylation is 1. The third kappa shape index (κ3) is 4.91. The number of hydrogen-bond donors (Lipinski definition) is 1. The molecular weight excluding hydrogens is 330 g/mol. The highest BCUT2D eigenvalue weighted by Gasteiger charge is 2.20. The summed E-state index contributed by atoms with van der Waals surface area (Å²) in [5, 5.41) is 11.6. The van der Waals surface area contributed by atoms with Gasteiger partial charge in [-0.05, 0) is 41.7 Å². The fraction of sp³-hybridized carbons (Fsp3) is 0.381. The molecule has 0 fully saturated rings. The van der Waals surface area contributed by atoms with E-state index in [4.69, 9.17) is 19.4 Å². The third-order valence-electron chi connectivity index (χ3n) is 4.00. The topological polar surface area (TPSA) is 60.3 Å². The monoisotopic (exact) mass is 357 g/mol. The zero-order chi connectivity index (χ0) is 19.2. The fourth-order valence-electron chi connectivity index (χ4n) is 2.68. The molecule has 2 aromatic rings.